The monoisotopic (exact) mass is 501 g/mol. The molecule has 1 aliphatic rings. The van der Waals surface area contributed by atoms with Crippen LogP contribution in [0, 0.1) is 0 Å². The van der Waals surface area contributed by atoms with Gasteiger partial charge in [-0.15, -0.1) is 0 Å². The highest BCUT2D eigenvalue weighted by Crippen LogP contribution is 2.29. The first-order chi connectivity index (χ1) is 18.1. The van der Waals surface area contributed by atoms with E-state index in [1.807, 2.05) is 43.3 Å². The number of hydrazone groups is 1. The zero-order valence-electron chi connectivity index (χ0n) is 20.4. The minimum Gasteiger partial charge on any atom is -0.490 e. The standard InChI is InChI=1S/C28H27N3O6/c1-2-35-25-15-19(7-9-24(25)36-18-27(32)31-11-13-34-14-12-31)17-29-30-28(33)26-16-22-21-6-4-3-5-20(21)8-10-23(22)37-26/h3-10,15-17H,2,11-14,18H2,1H3,(H,30,33)/b29-17+. The summed E-state index contributed by atoms with van der Waals surface area (Å²) in [6, 6.07) is 18.7. The Kier molecular flexibility index (Phi) is 7.32. The number of benzene rings is 3. The molecule has 1 aliphatic heterocycles. The molecular weight excluding hydrogens is 474 g/mol. The van der Waals surface area contributed by atoms with Crippen molar-refractivity contribution >= 4 is 39.8 Å². The van der Waals surface area contributed by atoms with Crippen molar-refractivity contribution in [2.45, 2.75) is 6.92 Å². The second kappa shape index (κ2) is 11.1. The van der Waals surface area contributed by atoms with Crippen LogP contribution in [-0.4, -0.2) is 62.4 Å². The van der Waals surface area contributed by atoms with Gasteiger partial charge >= 0.3 is 5.91 Å². The highest BCUT2D eigenvalue weighted by atomic mass is 16.5. The van der Waals surface area contributed by atoms with Crippen LogP contribution < -0.4 is 14.9 Å². The Morgan fingerprint density at radius 3 is 2.68 bits per heavy atom. The first kappa shape index (κ1) is 24.3. The molecule has 2 heterocycles. The van der Waals surface area contributed by atoms with Gasteiger partial charge < -0.3 is 23.5 Å². The van der Waals surface area contributed by atoms with Crippen LogP contribution in [0.3, 0.4) is 0 Å². The van der Waals surface area contributed by atoms with E-state index in [1.165, 1.54) is 6.21 Å². The average Bonchev–Trinajstić information content (AvgIpc) is 3.38. The Morgan fingerprint density at radius 2 is 1.84 bits per heavy atom. The number of nitrogens with zero attached hydrogens (tertiary/aromatic N) is 2. The van der Waals surface area contributed by atoms with E-state index in [1.54, 1.807) is 29.2 Å². The van der Waals surface area contributed by atoms with Gasteiger partial charge in [0.25, 0.3) is 5.91 Å². The quantitative estimate of drug-likeness (QED) is 0.289. The molecule has 1 N–H and O–H groups in total. The highest BCUT2D eigenvalue weighted by Gasteiger charge is 2.18. The maximum atomic E-state index is 12.6. The van der Waals surface area contributed by atoms with E-state index < -0.39 is 5.91 Å². The van der Waals surface area contributed by atoms with Crippen LogP contribution in [0.4, 0.5) is 0 Å². The summed E-state index contributed by atoms with van der Waals surface area (Å²) in [4.78, 5) is 26.7. The number of fused-ring (bicyclic) bond motifs is 3. The smallest absolute Gasteiger partial charge is 0.307 e. The molecule has 1 fully saturated rings. The van der Waals surface area contributed by atoms with Crippen molar-refractivity contribution in [2.75, 3.05) is 39.5 Å². The average molecular weight is 502 g/mol. The summed E-state index contributed by atoms with van der Waals surface area (Å²) in [5.74, 6) is 0.559. The Morgan fingerprint density at radius 1 is 1.00 bits per heavy atom. The molecule has 1 saturated heterocycles. The van der Waals surface area contributed by atoms with Gasteiger partial charge in [-0.3, -0.25) is 9.59 Å². The fourth-order valence-electron chi connectivity index (χ4n) is 4.16. The molecule has 9 nitrogen and oxygen atoms in total. The van der Waals surface area contributed by atoms with E-state index in [4.69, 9.17) is 18.6 Å². The summed E-state index contributed by atoms with van der Waals surface area (Å²) in [5, 5.41) is 7.02. The predicted molar refractivity (Wildman–Crippen MR) is 139 cm³/mol. The van der Waals surface area contributed by atoms with Crippen LogP contribution in [0.15, 0.2) is 70.2 Å². The Hall–Kier alpha value is -4.37. The SMILES string of the molecule is CCOc1cc(/C=N/NC(=O)c2cc3c(ccc4ccccc43)o2)ccc1OCC(=O)N1CCOCC1. The van der Waals surface area contributed by atoms with Gasteiger partial charge in [0.1, 0.15) is 5.58 Å². The number of nitrogens with one attached hydrogen (secondary N) is 1. The molecule has 2 amide bonds. The van der Waals surface area contributed by atoms with Gasteiger partial charge in [-0.25, -0.2) is 5.43 Å². The Balaban J connectivity index is 1.23. The molecule has 0 bridgehead atoms. The number of ether oxygens (including phenoxy) is 3. The maximum Gasteiger partial charge on any atom is 0.307 e. The summed E-state index contributed by atoms with van der Waals surface area (Å²) < 4.78 is 22.4. The maximum absolute atomic E-state index is 12.6. The fourth-order valence-corrected chi connectivity index (χ4v) is 4.16. The van der Waals surface area contributed by atoms with Crippen molar-refractivity contribution in [1.82, 2.24) is 10.3 Å². The summed E-state index contributed by atoms with van der Waals surface area (Å²) in [6.07, 6.45) is 1.50. The number of rotatable bonds is 8. The molecule has 0 saturated carbocycles. The van der Waals surface area contributed by atoms with Crippen LogP contribution in [-0.2, 0) is 9.53 Å². The number of hydrogen-bond donors (Lipinski definition) is 1. The molecule has 1 aromatic heterocycles. The zero-order chi connectivity index (χ0) is 25.6. The van der Waals surface area contributed by atoms with Crippen molar-refractivity contribution in [2.24, 2.45) is 5.10 Å². The number of carbonyl (C=O) groups excluding carboxylic acids is 2. The lowest BCUT2D eigenvalue weighted by atomic mass is 10.1. The Bertz CT molecular complexity index is 1460. The van der Waals surface area contributed by atoms with Crippen LogP contribution in [0.5, 0.6) is 11.5 Å². The topological polar surface area (TPSA) is 103 Å². The van der Waals surface area contributed by atoms with Crippen LogP contribution in [0.25, 0.3) is 21.7 Å². The van der Waals surface area contributed by atoms with Gasteiger partial charge in [0.15, 0.2) is 23.9 Å². The van der Waals surface area contributed by atoms with Gasteiger partial charge in [0.2, 0.25) is 0 Å². The van der Waals surface area contributed by atoms with Crippen LogP contribution in [0.1, 0.15) is 23.0 Å². The zero-order valence-corrected chi connectivity index (χ0v) is 20.4. The number of furan rings is 1. The third kappa shape index (κ3) is 5.57. The Labute approximate surface area is 213 Å². The second-order valence-electron chi connectivity index (χ2n) is 8.43. The summed E-state index contributed by atoms with van der Waals surface area (Å²) >= 11 is 0. The largest absolute Gasteiger partial charge is 0.490 e. The van der Waals surface area contributed by atoms with Gasteiger partial charge in [-0.1, -0.05) is 30.3 Å². The van der Waals surface area contributed by atoms with E-state index in [9.17, 15) is 9.59 Å². The third-order valence-electron chi connectivity index (χ3n) is 6.01. The van der Waals surface area contributed by atoms with Crippen LogP contribution >= 0.6 is 0 Å². The summed E-state index contributed by atoms with van der Waals surface area (Å²) in [6.45, 7) is 4.39. The molecule has 3 aromatic carbocycles. The van der Waals surface area contributed by atoms with E-state index in [0.29, 0.717) is 55.6 Å². The minimum absolute atomic E-state index is 0.0870. The van der Waals surface area contributed by atoms with E-state index >= 15 is 0 Å². The lowest BCUT2D eigenvalue weighted by Gasteiger charge is -2.26. The van der Waals surface area contributed by atoms with Crippen molar-refractivity contribution in [3.05, 3.63) is 72.0 Å². The molecule has 0 aliphatic carbocycles. The lowest BCUT2D eigenvalue weighted by molar-refractivity contribution is -0.137. The first-order valence-electron chi connectivity index (χ1n) is 12.1. The summed E-state index contributed by atoms with van der Waals surface area (Å²) in [5.41, 5.74) is 3.83. The number of morpholine rings is 1. The lowest BCUT2D eigenvalue weighted by Crippen LogP contribution is -2.43. The molecule has 9 heteroatoms. The minimum atomic E-state index is -0.455. The van der Waals surface area contributed by atoms with Crippen molar-refractivity contribution in [3.63, 3.8) is 0 Å². The van der Waals surface area contributed by atoms with Crippen molar-refractivity contribution in [3.8, 4) is 11.5 Å². The molecule has 0 atom stereocenters. The van der Waals surface area contributed by atoms with Gasteiger partial charge in [0.05, 0.1) is 26.0 Å². The molecule has 0 unspecified atom stereocenters. The first-order valence-corrected chi connectivity index (χ1v) is 12.1. The second-order valence-corrected chi connectivity index (χ2v) is 8.43. The fraction of sp³-hybridized carbons (Fsp3) is 0.250. The molecule has 0 radical (unpaired) electrons. The molecule has 4 aromatic rings. The molecule has 37 heavy (non-hydrogen) atoms. The van der Waals surface area contributed by atoms with Crippen molar-refractivity contribution in [1.29, 1.82) is 0 Å². The summed E-state index contributed by atoms with van der Waals surface area (Å²) in [7, 11) is 0. The molecular formula is C28H27N3O6. The van der Waals surface area contributed by atoms with E-state index in [2.05, 4.69) is 10.5 Å². The predicted octanol–water partition coefficient (Wildman–Crippen LogP) is 3.99. The molecule has 5 rings (SSSR count). The number of carbonyl (C=O) groups is 2. The van der Waals surface area contributed by atoms with Crippen LogP contribution in [0.2, 0.25) is 0 Å². The van der Waals surface area contributed by atoms with E-state index in [-0.39, 0.29) is 18.3 Å². The van der Waals surface area contributed by atoms with E-state index in [0.717, 1.165) is 16.2 Å². The molecule has 190 valence electrons. The normalized spacial score (nSPS) is 13.8. The number of hydrogen-bond acceptors (Lipinski definition) is 7. The third-order valence-corrected chi connectivity index (χ3v) is 6.01. The number of amides is 2. The van der Waals surface area contributed by atoms with Gasteiger partial charge in [-0.05, 0) is 53.6 Å². The molecule has 0 spiro atoms. The van der Waals surface area contributed by atoms with Crippen molar-refractivity contribution < 1.29 is 28.2 Å². The van der Waals surface area contributed by atoms with Gasteiger partial charge in [0, 0.05) is 18.5 Å². The van der Waals surface area contributed by atoms with Gasteiger partial charge in [-0.2, -0.15) is 5.10 Å². The highest BCUT2D eigenvalue weighted by molar-refractivity contribution is 6.08.